The molecule has 1 aliphatic heterocycles. The Kier molecular flexibility index (Phi) is 6.42. The first-order chi connectivity index (χ1) is 11.8. The van der Waals surface area contributed by atoms with Crippen LogP contribution in [0, 0.1) is 0 Å². The number of carbonyl (C=O) groups is 2. The number of nitrogens with zero attached hydrogens (tertiary/aromatic N) is 2. The fourth-order valence-electron chi connectivity index (χ4n) is 2.81. The minimum Gasteiger partial charge on any atom is -0.484 e. The summed E-state index contributed by atoms with van der Waals surface area (Å²) in [4.78, 5) is 27.8. The van der Waals surface area contributed by atoms with Crippen LogP contribution in [0.5, 0.6) is 5.75 Å². The number of hydrogen-bond acceptors (Lipinski definition) is 5. The van der Waals surface area contributed by atoms with Gasteiger partial charge in [0.2, 0.25) is 0 Å². The van der Waals surface area contributed by atoms with Crippen LogP contribution < -0.4 is 4.74 Å². The maximum absolute atomic E-state index is 12.3. The molecular formula is C19H28N2O4. The Balaban J connectivity index is 1.78. The van der Waals surface area contributed by atoms with E-state index in [1.807, 2.05) is 4.90 Å². The number of rotatable bonds is 5. The van der Waals surface area contributed by atoms with E-state index in [1.54, 1.807) is 24.3 Å². The minimum atomic E-state index is -0.279. The van der Waals surface area contributed by atoms with E-state index in [9.17, 15) is 9.59 Å². The van der Waals surface area contributed by atoms with Gasteiger partial charge in [0.25, 0.3) is 5.91 Å². The lowest BCUT2D eigenvalue weighted by atomic mass is 10.1. The second-order valence-electron chi connectivity index (χ2n) is 7.22. The molecule has 0 radical (unpaired) electrons. The molecule has 0 saturated carbocycles. The van der Waals surface area contributed by atoms with Gasteiger partial charge >= 0.3 is 5.97 Å². The Morgan fingerprint density at radius 2 is 1.64 bits per heavy atom. The SMILES string of the molecule is COC(=O)Cc1ccc(OCC(=O)N2CCN(C(C)(C)C)CC2)cc1. The zero-order valence-electron chi connectivity index (χ0n) is 15.6. The molecule has 0 aliphatic carbocycles. The van der Waals surface area contributed by atoms with Crippen molar-refractivity contribution in [3.63, 3.8) is 0 Å². The van der Waals surface area contributed by atoms with Crippen molar-refractivity contribution in [2.45, 2.75) is 32.7 Å². The van der Waals surface area contributed by atoms with Gasteiger partial charge in [-0.05, 0) is 38.5 Å². The van der Waals surface area contributed by atoms with Crippen LogP contribution in [0.25, 0.3) is 0 Å². The number of carbonyl (C=O) groups excluding carboxylic acids is 2. The summed E-state index contributed by atoms with van der Waals surface area (Å²) in [7, 11) is 1.37. The van der Waals surface area contributed by atoms with Gasteiger partial charge in [0.15, 0.2) is 6.61 Å². The number of hydrogen-bond donors (Lipinski definition) is 0. The summed E-state index contributed by atoms with van der Waals surface area (Å²) < 4.78 is 10.2. The normalized spacial score (nSPS) is 15.8. The van der Waals surface area contributed by atoms with Crippen molar-refractivity contribution in [2.75, 3.05) is 39.9 Å². The van der Waals surface area contributed by atoms with Crippen LogP contribution in [0.15, 0.2) is 24.3 Å². The zero-order valence-corrected chi connectivity index (χ0v) is 15.6. The van der Waals surface area contributed by atoms with Crippen LogP contribution in [0.1, 0.15) is 26.3 Å². The molecule has 1 aromatic rings. The Morgan fingerprint density at radius 1 is 1.04 bits per heavy atom. The lowest BCUT2D eigenvalue weighted by Gasteiger charge is -2.42. The first-order valence-corrected chi connectivity index (χ1v) is 8.61. The number of esters is 1. The summed E-state index contributed by atoms with van der Waals surface area (Å²) in [5, 5.41) is 0. The number of ether oxygens (including phenoxy) is 2. The molecule has 1 aliphatic rings. The Hall–Kier alpha value is -2.08. The lowest BCUT2D eigenvalue weighted by molar-refractivity contribution is -0.139. The van der Waals surface area contributed by atoms with Crippen LogP contribution in [-0.4, -0.2) is 67.1 Å². The van der Waals surface area contributed by atoms with E-state index in [-0.39, 0.29) is 30.4 Å². The molecule has 0 aromatic heterocycles. The molecule has 0 spiro atoms. The molecule has 1 aromatic carbocycles. The van der Waals surface area contributed by atoms with Crippen molar-refractivity contribution in [2.24, 2.45) is 0 Å². The van der Waals surface area contributed by atoms with Gasteiger partial charge in [-0.3, -0.25) is 14.5 Å². The molecule has 2 rings (SSSR count). The van der Waals surface area contributed by atoms with Gasteiger partial charge in [-0.2, -0.15) is 0 Å². The highest BCUT2D eigenvalue weighted by molar-refractivity contribution is 5.78. The number of amides is 1. The third kappa shape index (κ3) is 5.74. The Labute approximate surface area is 149 Å². The monoisotopic (exact) mass is 348 g/mol. The summed E-state index contributed by atoms with van der Waals surface area (Å²) >= 11 is 0. The molecule has 0 bridgehead atoms. The molecule has 0 atom stereocenters. The van der Waals surface area contributed by atoms with Crippen molar-refractivity contribution in [3.8, 4) is 5.75 Å². The smallest absolute Gasteiger partial charge is 0.309 e. The van der Waals surface area contributed by atoms with E-state index in [1.165, 1.54) is 7.11 Å². The quantitative estimate of drug-likeness (QED) is 0.759. The summed E-state index contributed by atoms with van der Waals surface area (Å²) in [6, 6.07) is 7.14. The van der Waals surface area contributed by atoms with Gasteiger partial charge in [0, 0.05) is 31.7 Å². The van der Waals surface area contributed by atoms with Gasteiger partial charge in [-0.1, -0.05) is 12.1 Å². The van der Waals surface area contributed by atoms with E-state index in [4.69, 9.17) is 4.74 Å². The second kappa shape index (κ2) is 8.34. The van der Waals surface area contributed by atoms with Crippen molar-refractivity contribution in [3.05, 3.63) is 29.8 Å². The first-order valence-electron chi connectivity index (χ1n) is 8.61. The predicted octanol–water partition coefficient (Wildman–Crippen LogP) is 1.72. The van der Waals surface area contributed by atoms with E-state index < -0.39 is 0 Å². The topological polar surface area (TPSA) is 59.1 Å². The molecule has 1 saturated heterocycles. The summed E-state index contributed by atoms with van der Waals surface area (Å²) in [6.45, 7) is 9.85. The lowest BCUT2D eigenvalue weighted by Crippen LogP contribution is -2.55. The summed E-state index contributed by atoms with van der Waals surface area (Å²) in [6.07, 6.45) is 0.230. The zero-order chi connectivity index (χ0) is 18.4. The van der Waals surface area contributed by atoms with Gasteiger partial charge in [-0.25, -0.2) is 0 Å². The van der Waals surface area contributed by atoms with Gasteiger partial charge in [-0.15, -0.1) is 0 Å². The van der Waals surface area contributed by atoms with Crippen LogP contribution >= 0.6 is 0 Å². The van der Waals surface area contributed by atoms with Crippen LogP contribution in [0.3, 0.4) is 0 Å². The second-order valence-corrected chi connectivity index (χ2v) is 7.22. The standard InChI is InChI=1S/C19H28N2O4/c1-19(2,3)21-11-9-20(10-12-21)17(22)14-25-16-7-5-15(6-8-16)13-18(23)24-4/h5-8H,9-14H2,1-4H3. The van der Waals surface area contributed by atoms with E-state index in [2.05, 4.69) is 30.4 Å². The van der Waals surface area contributed by atoms with Gasteiger partial charge in [0.05, 0.1) is 13.5 Å². The van der Waals surface area contributed by atoms with E-state index in [0.29, 0.717) is 5.75 Å². The van der Waals surface area contributed by atoms with E-state index >= 15 is 0 Å². The Morgan fingerprint density at radius 3 is 2.16 bits per heavy atom. The largest absolute Gasteiger partial charge is 0.484 e. The third-order valence-electron chi connectivity index (χ3n) is 4.44. The van der Waals surface area contributed by atoms with Crippen LogP contribution in [0.2, 0.25) is 0 Å². The average Bonchev–Trinajstić information content (AvgIpc) is 2.60. The van der Waals surface area contributed by atoms with Crippen molar-refractivity contribution in [1.29, 1.82) is 0 Å². The molecule has 6 nitrogen and oxygen atoms in total. The summed E-state index contributed by atoms with van der Waals surface area (Å²) in [5.74, 6) is 0.348. The fraction of sp³-hybridized carbons (Fsp3) is 0.579. The highest BCUT2D eigenvalue weighted by Crippen LogP contribution is 2.16. The van der Waals surface area contributed by atoms with Crippen LogP contribution in [0.4, 0.5) is 0 Å². The molecule has 6 heteroatoms. The van der Waals surface area contributed by atoms with E-state index in [0.717, 1.165) is 31.7 Å². The maximum Gasteiger partial charge on any atom is 0.309 e. The van der Waals surface area contributed by atoms with Gasteiger partial charge < -0.3 is 14.4 Å². The number of piperazine rings is 1. The highest BCUT2D eigenvalue weighted by Gasteiger charge is 2.27. The molecule has 0 unspecified atom stereocenters. The van der Waals surface area contributed by atoms with Crippen molar-refractivity contribution < 1.29 is 19.1 Å². The molecule has 1 amide bonds. The molecular weight excluding hydrogens is 320 g/mol. The molecule has 1 heterocycles. The number of benzene rings is 1. The fourth-order valence-corrected chi connectivity index (χ4v) is 2.81. The highest BCUT2D eigenvalue weighted by atomic mass is 16.5. The molecule has 138 valence electrons. The van der Waals surface area contributed by atoms with Crippen LogP contribution in [-0.2, 0) is 20.7 Å². The molecule has 1 fully saturated rings. The third-order valence-corrected chi connectivity index (χ3v) is 4.44. The van der Waals surface area contributed by atoms with Gasteiger partial charge in [0.1, 0.15) is 5.75 Å². The molecule has 0 N–H and O–H groups in total. The average molecular weight is 348 g/mol. The molecule has 25 heavy (non-hydrogen) atoms. The van der Waals surface area contributed by atoms with Crippen molar-refractivity contribution in [1.82, 2.24) is 9.80 Å². The van der Waals surface area contributed by atoms with Crippen molar-refractivity contribution >= 4 is 11.9 Å². The Bertz CT molecular complexity index is 584. The predicted molar refractivity (Wildman–Crippen MR) is 95.6 cm³/mol. The summed E-state index contributed by atoms with van der Waals surface area (Å²) in [5.41, 5.74) is 0.987. The number of methoxy groups -OCH3 is 1. The first kappa shape index (κ1) is 19.2. The minimum absolute atomic E-state index is 0.00666. The maximum atomic E-state index is 12.3.